The van der Waals surface area contributed by atoms with Gasteiger partial charge in [-0.25, -0.2) is 8.42 Å². The van der Waals surface area contributed by atoms with Crippen LogP contribution in [0.1, 0.15) is 61.5 Å². The zero-order valence-corrected chi connectivity index (χ0v) is 23.8. The van der Waals surface area contributed by atoms with Crippen LogP contribution in [0, 0.1) is 12.8 Å². The molecule has 0 bridgehead atoms. The van der Waals surface area contributed by atoms with Crippen LogP contribution in [0.15, 0.2) is 70.6 Å². The number of aryl methyl sites for hydroxylation is 1. The first-order valence-corrected chi connectivity index (χ1v) is 14.7. The molecule has 208 valence electrons. The number of allylic oxidation sites excluding steroid dienone is 1. The molecule has 9 heteroatoms. The van der Waals surface area contributed by atoms with Crippen molar-refractivity contribution in [2.45, 2.75) is 57.4 Å². The molecule has 1 aliphatic heterocycles. The smallest absolute Gasteiger partial charge is 0.224 e. The largest absolute Gasteiger partial charge is 0.356 e. The van der Waals surface area contributed by atoms with Gasteiger partial charge in [-0.1, -0.05) is 42.0 Å². The lowest BCUT2D eigenvalue weighted by Crippen LogP contribution is -2.44. The molecule has 0 aliphatic carbocycles. The Morgan fingerprint density at radius 3 is 2.41 bits per heavy atom. The zero-order chi connectivity index (χ0) is 28.6. The third-order valence-electron chi connectivity index (χ3n) is 6.12. The van der Waals surface area contributed by atoms with E-state index in [4.69, 9.17) is 0 Å². The summed E-state index contributed by atoms with van der Waals surface area (Å²) in [6.45, 7) is 8.11. The highest BCUT2D eigenvalue weighted by atomic mass is 32.2. The number of Topliss-reactive ketones (excluding diaryl/α,β-unsaturated/α-hetero) is 1. The first-order chi connectivity index (χ1) is 18.3. The molecule has 0 saturated carbocycles. The number of nitrogens with one attached hydrogen (secondary N) is 2. The second-order valence-corrected chi connectivity index (χ2v) is 12.9. The molecule has 2 N–H and O–H groups in total. The maximum atomic E-state index is 13.1. The van der Waals surface area contributed by atoms with Gasteiger partial charge in [-0.15, -0.1) is 0 Å². The summed E-state index contributed by atoms with van der Waals surface area (Å²) in [7, 11) is -3.81. The Morgan fingerprint density at radius 2 is 1.77 bits per heavy atom. The van der Waals surface area contributed by atoms with Gasteiger partial charge in [0.2, 0.25) is 11.8 Å². The average Bonchev–Trinajstić information content (AvgIpc) is 3.40. The predicted molar refractivity (Wildman–Crippen MR) is 153 cm³/mol. The summed E-state index contributed by atoms with van der Waals surface area (Å²) in [5.41, 5.74) is 2.70. The van der Waals surface area contributed by atoms with Crippen LogP contribution in [0.4, 0.5) is 0 Å². The molecule has 2 aromatic carbocycles. The SMILES string of the molecule is Cc1ccc(S(=O)(=O)C[C@@H](CC(=O)NC(C)(C)C)C(=O)NCCCC(=O)c2cccc(C3=NCC=C3)c2)cc1. The second kappa shape index (κ2) is 13.0. The molecule has 2 aromatic rings. The Hall–Kier alpha value is -3.59. The van der Waals surface area contributed by atoms with Gasteiger partial charge >= 0.3 is 0 Å². The van der Waals surface area contributed by atoms with E-state index in [-0.39, 0.29) is 30.1 Å². The number of hydrogen-bond acceptors (Lipinski definition) is 6. The van der Waals surface area contributed by atoms with E-state index in [2.05, 4.69) is 15.6 Å². The van der Waals surface area contributed by atoms with E-state index in [0.717, 1.165) is 16.8 Å². The minimum atomic E-state index is -3.81. The van der Waals surface area contributed by atoms with E-state index >= 15 is 0 Å². The lowest BCUT2D eigenvalue weighted by atomic mass is 10.0. The van der Waals surface area contributed by atoms with Crippen molar-refractivity contribution in [3.05, 3.63) is 77.4 Å². The van der Waals surface area contributed by atoms with Crippen molar-refractivity contribution in [2.75, 3.05) is 18.8 Å². The fourth-order valence-electron chi connectivity index (χ4n) is 4.18. The monoisotopic (exact) mass is 551 g/mol. The molecule has 1 heterocycles. The number of sulfone groups is 1. The number of carbonyl (C=O) groups is 3. The molecule has 39 heavy (non-hydrogen) atoms. The van der Waals surface area contributed by atoms with Crippen molar-refractivity contribution in [3.63, 3.8) is 0 Å². The van der Waals surface area contributed by atoms with E-state index in [9.17, 15) is 22.8 Å². The molecular weight excluding hydrogens is 514 g/mol. The van der Waals surface area contributed by atoms with Gasteiger partial charge in [0.05, 0.1) is 28.8 Å². The summed E-state index contributed by atoms with van der Waals surface area (Å²) < 4.78 is 26.1. The topological polar surface area (TPSA) is 122 Å². The molecule has 3 rings (SSSR count). The molecule has 0 unspecified atom stereocenters. The molecule has 0 saturated heterocycles. The lowest BCUT2D eigenvalue weighted by molar-refractivity contribution is -0.130. The van der Waals surface area contributed by atoms with E-state index < -0.39 is 38.9 Å². The summed E-state index contributed by atoms with van der Waals surface area (Å²) in [6, 6.07) is 13.7. The Kier molecular flexibility index (Phi) is 9.97. The van der Waals surface area contributed by atoms with E-state index in [1.165, 1.54) is 12.1 Å². The van der Waals surface area contributed by atoms with Crippen molar-refractivity contribution < 1.29 is 22.8 Å². The molecular formula is C30H37N3O5S. The molecule has 1 atom stereocenters. The Labute approximate surface area is 230 Å². The van der Waals surface area contributed by atoms with E-state index in [1.54, 1.807) is 18.2 Å². The number of aliphatic imine (C=N–C) groups is 1. The number of benzene rings is 2. The van der Waals surface area contributed by atoms with Crippen LogP contribution in [0.5, 0.6) is 0 Å². The standard InChI is InChI=1S/C30H37N3O5S/c1-21-12-14-25(15-13-21)39(37,38)20-24(19-28(35)33-30(2,3)4)29(36)32-17-7-11-27(34)23-9-5-8-22(18-23)26-10-6-16-31-26/h5-6,8-10,12-15,18,24H,7,11,16-17,19-20H2,1-4H3,(H,32,36)(H,33,35)/t24-/m1/s1. The molecule has 1 aliphatic rings. The van der Waals surface area contributed by atoms with Crippen molar-refractivity contribution >= 4 is 33.1 Å². The number of hydrogen-bond donors (Lipinski definition) is 2. The highest BCUT2D eigenvalue weighted by Crippen LogP contribution is 2.18. The van der Waals surface area contributed by atoms with Crippen LogP contribution in [-0.4, -0.2) is 56.1 Å². The normalized spacial score (nSPS) is 14.0. The fraction of sp³-hybridized carbons (Fsp3) is 0.400. The van der Waals surface area contributed by atoms with E-state index in [0.29, 0.717) is 18.5 Å². The van der Waals surface area contributed by atoms with Gasteiger partial charge in [0, 0.05) is 36.1 Å². The van der Waals surface area contributed by atoms with Crippen molar-refractivity contribution in [1.29, 1.82) is 0 Å². The fourth-order valence-corrected chi connectivity index (χ4v) is 5.73. The maximum absolute atomic E-state index is 13.1. The summed E-state index contributed by atoms with van der Waals surface area (Å²) in [5.74, 6) is -2.57. The van der Waals surface area contributed by atoms with Gasteiger partial charge in [0.1, 0.15) is 0 Å². The minimum absolute atomic E-state index is 0.0586. The Bertz CT molecular complexity index is 1370. The van der Waals surface area contributed by atoms with Crippen LogP contribution < -0.4 is 10.6 Å². The van der Waals surface area contributed by atoms with Crippen LogP contribution >= 0.6 is 0 Å². The molecule has 8 nitrogen and oxygen atoms in total. The number of ketones is 1. The van der Waals surface area contributed by atoms with Gasteiger partial charge in [-0.2, -0.15) is 0 Å². The van der Waals surface area contributed by atoms with Crippen LogP contribution in [0.3, 0.4) is 0 Å². The predicted octanol–water partition coefficient (Wildman–Crippen LogP) is 3.83. The Morgan fingerprint density at radius 1 is 1.05 bits per heavy atom. The summed E-state index contributed by atoms with van der Waals surface area (Å²) in [5, 5.41) is 5.52. The molecule has 0 spiro atoms. The molecule has 0 aromatic heterocycles. The minimum Gasteiger partial charge on any atom is -0.356 e. The molecule has 2 amide bonds. The van der Waals surface area contributed by atoms with Gasteiger partial charge in [-0.05, 0) is 58.4 Å². The number of carbonyl (C=O) groups excluding carboxylic acids is 3. The van der Waals surface area contributed by atoms with Gasteiger partial charge in [-0.3, -0.25) is 19.4 Å². The molecule has 0 fully saturated rings. The van der Waals surface area contributed by atoms with Crippen LogP contribution in [-0.2, 0) is 19.4 Å². The first-order valence-electron chi connectivity index (χ1n) is 13.1. The van der Waals surface area contributed by atoms with Gasteiger partial charge in [0.25, 0.3) is 0 Å². The summed E-state index contributed by atoms with van der Waals surface area (Å²) >= 11 is 0. The van der Waals surface area contributed by atoms with Crippen molar-refractivity contribution in [3.8, 4) is 0 Å². The van der Waals surface area contributed by atoms with Crippen molar-refractivity contribution in [2.24, 2.45) is 10.9 Å². The van der Waals surface area contributed by atoms with E-state index in [1.807, 2.05) is 58.0 Å². The quantitative estimate of drug-likeness (QED) is 0.307. The van der Waals surface area contributed by atoms with Crippen LogP contribution in [0.25, 0.3) is 0 Å². The highest BCUT2D eigenvalue weighted by molar-refractivity contribution is 7.91. The molecule has 0 radical (unpaired) electrons. The third-order valence-corrected chi connectivity index (χ3v) is 7.95. The third kappa shape index (κ3) is 9.28. The van der Waals surface area contributed by atoms with Crippen LogP contribution in [0.2, 0.25) is 0 Å². The first kappa shape index (κ1) is 30.0. The number of nitrogens with zero attached hydrogens (tertiary/aromatic N) is 1. The second-order valence-electron chi connectivity index (χ2n) is 10.8. The zero-order valence-electron chi connectivity index (χ0n) is 23.0. The van der Waals surface area contributed by atoms with Gasteiger partial charge < -0.3 is 10.6 Å². The van der Waals surface area contributed by atoms with Crippen molar-refractivity contribution in [1.82, 2.24) is 10.6 Å². The number of rotatable bonds is 12. The lowest BCUT2D eigenvalue weighted by Gasteiger charge is -2.23. The highest BCUT2D eigenvalue weighted by Gasteiger charge is 2.30. The van der Waals surface area contributed by atoms with Gasteiger partial charge in [0.15, 0.2) is 15.6 Å². The summed E-state index contributed by atoms with van der Waals surface area (Å²) in [4.78, 5) is 42.9. The number of amides is 2. The average molecular weight is 552 g/mol. The Balaban J connectivity index is 1.61. The maximum Gasteiger partial charge on any atom is 0.224 e. The summed E-state index contributed by atoms with van der Waals surface area (Å²) in [6.07, 6.45) is 4.21.